The molecule has 0 bridgehead atoms. The number of fused-ring (bicyclic) bond motifs is 6. The van der Waals surface area contributed by atoms with Crippen molar-refractivity contribution in [1.29, 1.82) is 0 Å². The molecule has 240 valence electrons. The van der Waals surface area contributed by atoms with E-state index in [1.54, 1.807) is 0 Å². The number of rotatable bonds is 5. The first-order chi connectivity index (χ1) is 25.2. The molecule has 0 spiro atoms. The number of nitrogens with zero attached hydrogens (tertiary/aromatic N) is 2. The number of furan rings is 2. The third kappa shape index (κ3) is 4.84. The Morgan fingerprint density at radius 2 is 0.961 bits per heavy atom. The molecule has 0 unspecified atom stereocenters. The first kappa shape index (κ1) is 29.2. The van der Waals surface area contributed by atoms with E-state index in [0.29, 0.717) is 5.82 Å². The van der Waals surface area contributed by atoms with Gasteiger partial charge in [-0.2, -0.15) is 0 Å². The van der Waals surface area contributed by atoms with E-state index in [0.717, 1.165) is 99.8 Å². The van der Waals surface area contributed by atoms with Gasteiger partial charge in [-0.05, 0) is 60.0 Å². The second-order valence-electron chi connectivity index (χ2n) is 13.0. The molecule has 0 radical (unpaired) electrons. The Hall–Kier alpha value is -6.78. The van der Waals surface area contributed by atoms with Gasteiger partial charge in [0.2, 0.25) is 0 Å². The molecule has 0 aliphatic rings. The summed E-state index contributed by atoms with van der Waals surface area (Å²) in [6.07, 6.45) is 0. The van der Waals surface area contributed by atoms with Crippen molar-refractivity contribution in [3.63, 3.8) is 0 Å². The van der Waals surface area contributed by atoms with Gasteiger partial charge in [0, 0.05) is 49.4 Å². The Morgan fingerprint density at radius 1 is 0.373 bits per heavy atom. The first-order valence-electron chi connectivity index (χ1n) is 17.2. The highest BCUT2D eigenvalue weighted by atomic mass is 16.3. The van der Waals surface area contributed by atoms with Gasteiger partial charge in [-0.3, -0.25) is 0 Å². The van der Waals surface area contributed by atoms with Crippen molar-refractivity contribution >= 4 is 43.9 Å². The lowest BCUT2D eigenvalue weighted by atomic mass is 9.95. The molecule has 0 atom stereocenters. The Bertz CT molecular complexity index is 2910. The van der Waals surface area contributed by atoms with Gasteiger partial charge in [-0.15, -0.1) is 0 Å². The summed E-state index contributed by atoms with van der Waals surface area (Å²) in [4.78, 5) is 10.3. The summed E-state index contributed by atoms with van der Waals surface area (Å²) in [6, 6.07) is 56.6. The summed E-state index contributed by atoms with van der Waals surface area (Å²) < 4.78 is 13.2. The zero-order valence-corrected chi connectivity index (χ0v) is 27.8. The number of benzene rings is 7. The molecule has 0 amide bonds. The molecule has 10 aromatic rings. The monoisotopic (exact) mass is 654 g/mol. The van der Waals surface area contributed by atoms with Crippen molar-refractivity contribution < 1.29 is 8.83 Å². The van der Waals surface area contributed by atoms with Crippen molar-refractivity contribution in [3.05, 3.63) is 169 Å². The second-order valence-corrected chi connectivity index (χ2v) is 13.0. The minimum atomic E-state index is 0.682. The molecule has 4 heteroatoms. The Morgan fingerprint density at radius 3 is 1.73 bits per heavy atom. The molecule has 10 rings (SSSR count). The molecule has 3 aromatic heterocycles. The van der Waals surface area contributed by atoms with E-state index in [-0.39, 0.29) is 0 Å². The van der Waals surface area contributed by atoms with Gasteiger partial charge in [-0.1, -0.05) is 127 Å². The number of aromatic nitrogens is 2. The highest BCUT2D eigenvalue weighted by Gasteiger charge is 2.21. The molecule has 51 heavy (non-hydrogen) atoms. The topological polar surface area (TPSA) is 52.1 Å². The van der Waals surface area contributed by atoms with Crippen LogP contribution in [-0.2, 0) is 0 Å². The fourth-order valence-electron chi connectivity index (χ4n) is 7.36. The van der Waals surface area contributed by atoms with E-state index in [9.17, 15) is 0 Å². The van der Waals surface area contributed by atoms with Crippen LogP contribution in [-0.4, -0.2) is 9.97 Å². The lowest BCUT2D eigenvalue weighted by molar-refractivity contribution is 0.669. The zero-order valence-electron chi connectivity index (χ0n) is 27.8. The third-order valence-corrected chi connectivity index (χ3v) is 9.87. The Kier molecular flexibility index (Phi) is 6.68. The summed E-state index contributed by atoms with van der Waals surface area (Å²) >= 11 is 0. The summed E-state index contributed by atoms with van der Waals surface area (Å²) in [7, 11) is 0. The maximum absolute atomic E-state index is 6.71. The van der Waals surface area contributed by atoms with Crippen LogP contribution < -0.4 is 0 Å². The predicted molar refractivity (Wildman–Crippen MR) is 209 cm³/mol. The predicted octanol–water partition coefficient (Wildman–Crippen LogP) is 12.9. The Labute approximate surface area is 294 Å². The van der Waals surface area contributed by atoms with Crippen molar-refractivity contribution in [2.45, 2.75) is 6.92 Å². The normalized spacial score (nSPS) is 11.6. The molecule has 7 aromatic carbocycles. The van der Waals surface area contributed by atoms with Crippen LogP contribution in [0.1, 0.15) is 5.56 Å². The standard InChI is InChI=1S/C47H30N2O2/c1-29-43(31-16-7-3-8-17-31)48-47(32-18-9-4-10-19-32)49-44(29)37-22-13-21-36-39-26-33(24-25-42(39)51-45(36)37)34-27-38(30-14-5-2-6-15-30)46-40(28-34)35-20-11-12-23-41(35)50-46/h2-28H,1H3. The minimum Gasteiger partial charge on any atom is -0.455 e. The van der Waals surface area contributed by atoms with E-state index in [4.69, 9.17) is 18.8 Å². The highest BCUT2D eigenvalue weighted by Crippen LogP contribution is 2.43. The van der Waals surface area contributed by atoms with E-state index in [1.807, 2.05) is 54.6 Å². The van der Waals surface area contributed by atoms with Crippen LogP contribution in [0.3, 0.4) is 0 Å². The molecular formula is C47H30N2O2. The van der Waals surface area contributed by atoms with Crippen LogP contribution in [0.5, 0.6) is 0 Å². The van der Waals surface area contributed by atoms with Gasteiger partial charge in [0.25, 0.3) is 0 Å². The molecule has 3 heterocycles. The number of hydrogen-bond donors (Lipinski definition) is 0. The zero-order chi connectivity index (χ0) is 33.9. The SMILES string of the molecule is Cc1c(-c2ccccc2)nc(-c2ccccc2)nc1-c1cccc2c1oc1ccc(-c3cc(-c4ccccc4)c4oc5ccccc5c4c3)cc12. The molecule has 0 aliphatic carbocycles. The van der Waals surface area contributed by atoms with Crippen molar-refractivity contribution in [3.8, 4) is 56.2 Å². The summed E-state index contributed by atoms with van der Waals surface area (Å²) in [5.74, 6) is 0.682. The Balaban J connectivity index is 1.17. The van der Waals surface area contributed by atoms with E-state index in [2.05, 4.69) is 116 Å². The van der Waals surface area contributed by atoms with Gasteiger partial charge < -0.3 is 8.83 Å². The third-order valence-electron chi connectivity index (χ3n) is 9.87. The fourth-order valence-corrected chi connectivity index (χ4v) is 7.36. The second kappa shape index (κ2) is 11.7. The van der Waals surface area contributed by atoms with Crippen molar-refractivity contribution in [2.75, 3.05) is 0 Å². The molecule has 0 fully saturated rings. The van der Waals surface area contributed by atoms with Crippen LogP contribution in [0.4, 0.5) is 0 Å². The lowest BCUT2D eigenvalue weighted by Gasteiger charge is -2.14. The molecule has 0 saturated heterocycles. The number of hydrogen-bond acceptors (Lipinski definition) is 4. The van der Waals surface area contributed by atoms with Crippen LogP contribution in [0.2, 0.25) is 0 Å². The van der Waals surface area contributed by atoms with Crippen molar-refractivity contribution in [2.24, 2.45) is 0 Å². The van der Waals surface area contributed by atoms with Crippen molar-refractivity contribution in [1.82, 2.24) is 9.97 Å². The highest BCUT2D eigenvalue weighted by molar-refractivity contribution is 6.13. The van der Waals surface area contributed by atoms with E-state index in [1.165, 1.54) is 0 Å². The average molecular weight is 655 g/mol. The van der Waals surface area contributed by atoms with E-state index >= 15 is 0 Å². The summed E-state index contributed by atoms with van der Waals surface area (Å²) in [5, 5.41) is 4.31. The van der Waals surface area contributed by atoms with Gasteiger partial charge in [0.15, 0.2) is 5.82 Å². The first-order valence-corrected chi connectivity index (χ1v) is 17.2. The maximum Gasteiger partial charge on any atom is 0.160 e. The van der Waals surface area contributed by atoms with Crippen LogP contribution in [0.15, 0.2) is 173 Å². The molecule has 0 saturated carbocycles. The van der Waals surface area contributed by atoms with Gasteiger partial charge in [-0.25, -0.2) is 9.97 Å². The molecule has 4 nitrogen and oxygen atoms in total. The minimum absolute atomic E-state index is 0.682. The fraction of sp³-hybridized carbons (Fsp3) is 0.0213. The van der Waals surface area contributed by atoms with Crippen LogP contribution >= 0.6 is 0 Å². The number of para-hydroxylation sites is 2. The maximum atomic E-state index is 6.71. The lowest BCUT2D eigenvalue weighted by Crippen LogP contribution is -2.00. The largest absolute Gasteiger partial charge is 0.455 e. The smallest absolute Gasteiger partial charge is 0.160 e. The molecular weight excluding hydrogens is 625 g/mol. The van der Waals surface area contributed by atoms with Gasteiger partial charge in [0.05, 0.1) is 11.4 Å². The quantitative estimate of drug-likeness (QED) is 0.185. The van der Waals surface area contributed by atoms with Crippen LogP contribution in [0.25, 0.3) is 100 Å². The van der Waals surface area contributed by atoms with Crippen LogP contribution in [0, 0.1) is 6.92 Å². The average Bonchev–Trinajstić information content (AvgIpc) is 3.77. The summed E-state index contributed by atoms with van der Waals surface area (Å²) in [6.45, 7) is 2.10. The molecule has 0 aliphatic heterocycles. The van der Waals surface area contributed by atoms with Gasteiger partial charge >= 0.3 is 0 Å². The molecule has 0 N–H and O–H groups in total. The summed E-state index contributed by atoms with van der Waals surface area (Å²) in [5.41, 5.74) is 13.6. The van der Waals surface area contributed by atoms with Gasteiger partial charge in [0.1, 0.15) is 22.3 Å². The van der Waals surface area contributed by atoms with E-state index < -0.39 is 0 Å².